The van der Waals surface area contributed by atoms with Crippen LogP contribution in [-0.4, -0.2) is 30.6 Å². The number of hydrogen-bond acceptors (Lipinski definition) is 2. The second kappa shape index (κ2) is 4.07. The molecule has 0 aromatic carbocycles. The minimum absolute atomic E-state index is 0.662. The Balaban J connectivity index is 2.40. The van der Waals surface area contributed by atoms with Crippen LogP contribution >= 0.6 is 0 Å². The first-order chi connectivity index (χ1) is 5.29. The molecule has 0 saturated carbocycles. The van der Waals surface area contributed by atoms with Crippen molar-refractivity contribution in [2.75, 3.05) is 19.6 Å². The predicted molar refractivity (Wildman–Crippen MR) is 48.5 cm³/mol. The third-order valence-corrected chi connectivity index (χ3v) is 2.75. The summed E-state index contributed by atoms with van der Waals surface area (Å²) in [6, 6.07) is 0.662. The van der Waals surface area contributed by atoms with E-state index in [9.17, 15) is 0 Å². The van der Waals surface area contributed by atoms with Crippen LogP contribution in [0.4, 0.5) is 0 Å². The van der Waals surface area contributed by atoms with Crippen molar-refractivity contribution >= 4 is 0 Å². The summed E-state index contributed by atoms with van der Waals surface area (Å²) in [6.45, 7) is 7.87. The first-order valence-corrected chi connectivity index (χ1v) is 4.73. The Bertz CT molecular complexity index is 112. The van der Waals surface area contributed by atoms with Gasteiger partial charge in [0, 0.05) is 12.6 Å². The monoisotopic (exact) mass is 156 g/mol. The minimum atomic E-state index is 0.662. The molecule has 0 bridgehead atoms. The van der Waals surface area contributed by atoms with E-state index in [-0.39, 0.29) is 0 Å². The summed E-state index contributed by atoms with van der Waals surface area (Å²) < 4.78 is 0. The first kappa shape index (κ1) is 9.01. The van der Waals surface area contributed by atoms with Gasteiger partial charge >= 0.3 is 0 Å². The topological polar surface area (TPSA) is 29.3 Å². The van der Waals surface area contributed by atoms with Crippen molar-refractivity contribution in [3.05, 3.63) is 0 Å². The second-order valence-corrected chi connectivity index (χ2v) is 3.60. The van der Waals surface area contributed by atoms with Crippen LogP contribution in [-0.2, 0) is 0 Å². The Kier molecular flexibility index (Phi) is 3.34. The van der Waals surface area contributed by atoms with E-state index in [2.05, 4.69) is 18.7 Å². The maximum atomic E-state index is 5.70. The lowest BCUT2D eigenvalue weighted by molar-refractivity contribution is 0.237. The molecule has 2 heteroatoms. The van der Waals surface area contributed by atoms with Gasteiger partial charge in [0.05, 0.1) is 0 Å². The molecule has 1 heterocycles. The van der Waals surface area contributed by atoms with E-state index in [1.807, 2.05) is 0 Å². The molecule has 1 aliphatic heterocycles. The molecular weight excluding hydrogens is 136 g/mol. The zero-order valence-corrected chi connectivity index (χ0v) is 7.71. The van der Waals surface area contributed by atoms with Crippen LogP contribution in [0, 0.1) is 5.92 Å². The molecule has 2 atom stereocenters. The molecule has 2 unspecified atom stereocenters. The second-order valence-electron chi connectivity index (χ2n) is 3.60. The zero-order valence-electron chi connectivity index (χ0n) is 7.71. The summed E-state index contributed by atoms with van der Waals surface area (Å²) in [5.41, 5.74) is 5.70. The Morgan fingerprint density at radius 3 is 2.82 bits per heavy atom. The Hall–Kier alpha value is -0.0800. The van der Waals surface area contributed by atoms with E-state index in [1.54, 1.807) is 0 Å². The largest absolute Gasteiger partial charge is 0.329 e. The lowest BCUT2D eigenvalue weighted by Crippen LogP contribution is -2.38. The van der Waals surface area contributed by atoms with Gasteiger partial charge in [0.1, 0.15) is 0 Å². The predicted octanol–water partition coefficient (Wildman–Crippen LogP) is 1.07. The summed E-state index contributed by atoms with van der Waals surface area (Å²) in [5, 5.41) is 0. The molecule has 0 radical (unpaired) electrons. The highest BCUT2D eigenvalue weighted by molar-refractivity contribution is 4.84. The molecule has 11 heavy (non-hydrogen) atoms. The molecule has 2 N–H and O–H groups in total. The molecule has 1 fully saturated rings. The van der Waals surface area contributed by atoms with Gasteiger partial charge in [-0.1, -0.05) is 13.8 Å². The Morgan fingerprint density at radius 1 is 1.55 bits per heavy atom. The highest BCUT2D eigenvalue weighted by Crippen LogP contribution is 2.22. The van der Waals surface area contributed by atoms with Crippen molar-refractivity contribution in [2.24, 2.45) is 11.7 Å². The molecule has 0 aromatic heterocycles. The van der Waals surface area contributed by atoms with Crippen molar-refractivity contribution in [3.63, 3.8) is 0 Å². The number of likely N-dealkylation sites (tertiary alicyclic amines) is 1. The number of rotatable bonds is 3. The van der Waals surface area contributed by atoms with Gasteiger partial charge in [-0.2, -0.15) is 0 Å². The van der Waals surface area contributed by atoms with E-state index in [4.69, 9.17) is 5.73 Å². The summed E-state index contributed by atoms with van der Waals surface area (Å²) in [4.78, 5) is 2.53. The first-order valence-electron chi connectivity index (χ1n) is 4.73. The van der Waals surface area contributed by atoms with Gasteiger partial charge in [-0.05, 0) is 31.8 Å². The Morgan fingerprint density at radius 2 is 2.27 bits per heavy atom. The van der Waals surface area contributed by atoms with E-state index in [0.29, 0.717) is 6.04 Å². The van der Waals surface area contributed by atoms with Crippen molar-refractivity contribution in [1.29, 1.82) is 0 Å². The molecule has 0 aliphatic carbocycles. The van der Waals surface area contributed by atoms with Gasteiger partial charge in [-0.3, -0.25) is 4.90 Å². The van der Waals surface area contributed by atoms with E-state index >= 15 is 0 Å². The van der Waals surface area contributed by atoms with Crippen LogP contribution in [0.1, 0.15) is 26.7 Å². The highest BCUT2D eigenvalue weighted by atomic mass is 15.2. The van der Waals surface area contributed by atoms with Crippen molar-refractivity contribution in [3.8, 4) is 0 Å². The third kappa shape index (κ3) is 1.94. The van der Waals surface area contributed by atoms with Gasteiger partial charge in [-0.15, -0.1) is 0 Å². The van der Waals surface area contributed by atoms with Crippen LogP contribution in [0.5, 0.6) is 0 Å². The average molecular weight is 156 g/mol. The molecule has 2 nitrogen and oxygen atoms in total. The Labute approximate surface area is 69.8 Å². The SMILES string of the molecule is CCCN1CCC(C)C1CN. The molecule has 1 saturated heterocycles. The number of nitrogens with zero attached hydrogens (tertiary/aromatic N) is 1. The minimum Gasteiger partial charge on any atom is -0.329 e. The van der Waals surface area contributed by atoms with Crippen molar-refractivity contribution in [1.82, 2.24) is 4.90 Å². The summed E-state index contributed by atoms with van der Waals surface area (Å²) in [5.74, 6) is 0.812. The van der Waals surface area contributed by atoms with Gasteiger partial charge < -0.3 is 5.73 Å². The van der Waals surface area contributed by atoms with Gasteiger partial charge in [0.2, 0.25) is 0 Å². The van der Waals surface area contributed by atoms with Crippen LogP contribution < -0.4 is 5.73 Å². The molecule has 0 aromatic rings. The maximum Gasteiger partial charge on any atom is 0.0244 e. The van der Waals surface area contributed by atoms with Crippen LogP contribution in [0.2, 0.25) is 0 Å². The number of hydrogen-bond donors (Lipinski definition) is 1. The van der Waals surface area contributed by atoms with Crippen molar-refractivity contribution < 1.29 is 0 Å². The summed E-state index contributed by atoms with van der Waals surface area (Å²) in [6.07, 6.45) is 2.59. The fraction of sp³-hybridized carbons (Fsp3) is 1.00. The fourth-order valence-electron chi connectivity index (χ4n) is 2.03. The smallest absolute Gasteiger partial charge is 0.0244 e. The summed E-state index contributed by atoms with van der Waals surface area (Å²) >= 11 is 0. The van der Waals surface area contributed by atoms with E-state index in [0.717, 1.165) is 12.5 Å². The van der Waals surface area contributed by atoms with Crippen molar-refractivity contribution in [2.45, 2.75) is 32.7 Å². The highest BCUT2D eigenvalue weighted by Gasteiger charge is 2.28. The molecule has 1 aliphatic rings. The zero-order chi connectivity index (χ0) is 8.27. The molecular formula is C9H20N2. The van der Waals surface area contributed by atoms with Crippen LogP contribution in [0.3, 0.4) is 0 Å². The van der Waals surface area contributed by atoms with Gasteiger partial charge in [0.25, 0.3) is 0 Å². The fourth-order valence-corrected chi connectivity index (χ4v) is 2.03. The lowest BCUT2D eigenvalue weighted by Gasteiger charge is -2.24. The molecule has 1 rings (SSSR count). The number of nitrogens with two attached hydrogens (primary N) is 1. The van der Waals surface area contributed by atoms with Crippen LogP contribution in [0.25, 0.3) is 0 Å². The van der Waals surface area contributed by atoms with Crippen LogP contribution in [0.15, 0.2) is 0 Å². The lowest BCUT2D eigenvalue weighted by atomic mass is 10.0. The molecule has 0 spiro atoms. The molecule has 0 amide bonds. The summed E-state index contributed by atoms with van der Waals surface area (Å²) in [7, 11) is 0. The quantitative estimate of drug-likeness (QED) is 0.662. The third-order valence-electron chi connectivity index (χ3n) is 2.75. The molecule has 66 valence electrons. The van der Waals surface area contributed by atoms with E-state index < -0.39 is 0 Å². The normalized spacial score (nSPS) is 33.0. The standard InChI is InChI=1S/C9H20N2/c1-3-5-11-6-4-8(2)9(11)7-10/h8-9H,3-7,10H2,1-2H3. The average Bonchev–Trinajstić information content (AvgIpc) is 2.33. The maximum absolute atomic E-state index is 5.70. The van der Waals surface area contributed by atoms with Gasteiger partial charge in [-0.25, -0.2) is 0 Å². The van der Waals surface area contributed by atoms with Gasteiger partial charge in [0.15, 0.2) is 0 Å². The van der Waals surface area contributed by atoms with E-state index in [1.165, 1.54) is 25.9 Å².